The molecule has 0 bridgehead atoms. The van der Waals surface area contributed by atoms with Crippen molar-refractivity contribution < 1.29 is 52.8 Å². The predicted octanol–water partition coefficient (Wildman–Crippen LogP) is 24.3. The summed E-state index contributed by atoms with van der Waals surface area (Å²) in [6.45, 7) is 36.6. The molecule has 1 N–H and O–H groups in total. The molecule has 0 spiro atoms. The van der Waals surface area contributed by atoms with Gasteiger partial charge in [0.05, 0.1) is 30.4 Å². The Morgan fingerprint density at radius 1 is 0.413 bits per heavy atom. The molecule has 2 atom stereocenters. The molecule has 21 nitrogen and oxygen atoms in total. The van der Waals surface area contributed by atoms with Gasteiger partial charge in [-0.15, -0.1) is 0 Å². The highest BCUT2D eigenvalue weighted by atomic mass is 79.9. The summed E-state index contributed by atoms with van der Waals surface area (Å²) in [5, 5.41) is 16.7. The van der Waals surface area contributed by atoms with Crippen LogP contribution < -0.4 is 9.47 Å². The summed E-state index contributed by atoms with van der Waals surface area (Å²) in [7, 11) is 1.76. The normalized spacial score (nSPS) is 16.3. The van der Waals surface area contributed by atoms with E-state index >= 15 is 0 Å². The van der Waals surface area contributed by atoms with E-state index in [0.717, 1.165) is 295 Å². The molecule has 762 valence electrons. The summed E-state index contributed by atoms with van der Waals surface area (Å²) in [6, 6.07) is 64.8. The molecule has 0 radical (unpaired) electrons. The fraction of sp³-hybridized carbons (Fsp3) is 0.467. The van der Waals surface area contributed by atoms with Crippen LogP contribution in [-0.4, -0.2) is 230 Å². The molecule has 8 aromatic carbocycles. The Morgan fingerprint density at radius 3 is 1.34 bits per heavy atom. The molecule has 0 amide bonds. The van der Waals surface area contributed by atoms with Crippen LogP contribution in [0.25, 0.3) is 54.5 Å². The van der Waals surface area contributed by atoms with Crippen LogP contribution in [0.5, 0.6) is 11.5 Å². The van der Waals surface area contributed by atoms with Crippen molar-refractivity contribution in [1.29, 1.82) is 0 Å². The number of para-hydroxylation sites is 6. The molecular formula is C120H152BrClN10O11. The second-order valence-electron chi connectivity index (χ2n) is 39.9. The van der Waals surface area contributed by atoms with Gasteiger partial charge in [0.15, 0.2) is 28.9 Å². The summed E-state index contributed by atoms with van der Waals surface area (Å²) in [5.41, 5.74) is 12.4. The van der Waals surface area contributed by atoms with Gasteiger partial charge in [-0.05, 0) is 260 Å². The van der Waals surface area contributed by atoms with E-state index in [1.807, 2.05) is 158 Å². The number of hydrogen-bond acceptors (Lipinski definition) is 16. The van der Waals surface area contributed by atoms with Gasteiger partial charge in [-0.1, -0.05) is 189 Å². The van der Waals surface area contributed by atoms with E-state index in [9.17, 15) is 33.9 Å². The van der Waals surface area contributed by atoms with E-state index in [1.165, 1.54) is 47.7 Å². The van der Waals surface area contributed by atoms with Gasteiger partial charge < -0.3 is 76.2 Å². The number of hydrogen-bond donors (Lipinski definition) is 1. The van der Waals surface area contributed by atoms with Gasteiger partial charge in [0.25, 0.3) is 0 Å². The number of ketones is 6. The third kappa shape index (κ3) is 30.4. The van der Waals surface area contributed by atoms with E-state index < -0.39 is 6.10 Å². The molecule has 5 saturated heterocycles. The number of aliphatic hydroxyl groups is 1. The summed E-state index contributed by atoms with van der Waals surface area (Å²) in [6.07, 6.45) is 28.9. The third-order valence-corrected chi connectivity index (χ3v) is 30.0. The number of likely N-dealkylation sites (tertiary alicyclic amines) is 5. The van der Waals surface area contributed by atoms with Crippen molar-refractivity contribution in [1.82, 2.24) is 47.3 Å². The number of methoxy groups -OCH3 is 1. The van der Waals surface area contributed by atoms with Crippen LogP contribution in [0.3, 0.4) is 0 Å². The Morgan fingerprint density at radius 2 is 0.825 bits per heavy atom. The zero-order valence-electron chi connectivity index (χ0n) is 85.9. The quantitative estimate of drug-likeness (QED) is 0.0355. The number of piperidine rings is 5. The Kier molecular flexibility index (Phi) is 41.4. The fourth-order valence-electron chi connectivity index (χ4n) is 21.5. The number of β-amino-alcohol motifs (C(OH)–C–C–N with tert-alkyl or cyclic N) is 1. The Hall–Kier alpha value is -10.5. The molecule has 5 fully saturated rings. The minimum atomic E-state index is -0.460. The van der Waals surface area contributed by atoms with Crippen molar-refractivity contribution >= 4 is 117 Å². The van der Waals surface area contributed by atoms with Gasteiger partial charge in [0.1, 0.15) is 23.4 Å². The number of benzene rings is 8. The summed E-state index contributed by atoms with van der Waals surface area (Å²) >= 11 is 9.72. The maximum atomic E-state index is 12.7. The second kappa shape index (κ2) is 54.6. The number of halogens is 2. The first kappa shape index (κ1) is 108. The van der Waals surface area contributed by atoms with Crippen molar-refractivity contribution in [2.75, 3.05) is 118 Å². The summed E-state index contributed by atoms with van der Waals surface area (Å²) < 4.78 is 35.5. The predicted molar refractivity (Wildman–Crippen MR) is 584 cm³/mol. The molecule has 5 aliphatic rings. The van der Waals surface area contributed by atoms with E-state index in [2.05, 4.69) is 158 Å². The second-order valence-corrected chi connectivity index (χ2v) is 41.3. The summed E-state index contributed by atoms with van der Waals surface area (Å²) in [5.74, 6) is 4.12. The number of aromatic nitrogens is 5. The maximum Gasteiger partial charge on any atom is 0.166 e. The molecular weight excluding hydrogens is 1870 g/mol. The van der Waals surface area contributed by atoms with Gasteiger partial charge in [-0.2, -0.15) is 0 Å². The number of Topliss-reactive ketones (excluding diaryl/α,β-unsaturated/α-hetero) is 6. The smallest absolute Gasteiger partial charge is 0.166 e. The van der Waals surface area contributed by atoms with Gasteiger partial charge in [-0.3, -0.25) is 24.0 Å². The van der Waals surface area contributed by atoms with Gasteiger partial charge >= 0.3 is 0 Å². The van der Waals surface area contributed by atoms with E-state index in [0.29, 0.717) is 60.8 Å². The molecule has 18 rings (SSSR count). The first-order chi connectivity index (χ1) is 69.5. The van der Waals surface area contributed by atoms with Crippen LogP contribution in [0.1, 0.15) is 233 Å². The lowest BCUT2D eigenvalue weighted by molar-refractivity contribution is -0.117. The number of carbonyl (C=O) groups excluding carboxylic acids is 6. The van der Waals surface area contributed by atoms with Crippen LogP contribution in [0, 0.1) is 11.8 Å². The lowest BCUT2D eigenvalue weighted by atomic mass is 9.88. The number of fused-ring (bicyclic) bond motifs is 5. The van der Waals surface area contributed by atoms with Gasteiger partial charge in [0.2, 0.25) is 0 Å². The average molecular weight is 2030 g/mol. The number of nitrogens with zero attached hydrogens (tertiary/aromatic N) is 10. The zero-order chi connectivity index (χ0) is 101. The SMILES string of the molecule is CC(=O)c1cn(CCCN2CCC(Oc3ccccc3Cl)CC2)c2ccc(Br)cc12.CCC(=O)c1cn(CCCN2CCC(C(=O)c3ccccc3)CC2)c2ccccc12.CCCOC1CCN(CC(O)Cn2cc(C(C)=O)c3ccccc32)CC1.CCCOC1CCN(CCCn2cc(CCC(C)=O)c3ccccc32)CC1.COc1ccccc1C1CCN(CC(C)Cn2cc(C(C)=O)c3ccccc32)CC1. The zero-order valence-corrected chi connectivity index (χ0v) is 88.3. The van der Waals surface area contributed by atoms with Gasteiger partial charge in [-0.25, -0.2) is 0 Å². The Bertz CT molecular complexity index is 6270. The molecule has 5 aliphatic heterocycles. The van der Waals surface area contributed by atoms with Gasteiger partial charge in [0, 0.05) is 235 Å². The van der Waals surface area contributed by atoms with Crippen molar-refractivity contribution in [3.05, 3.63) is 274 Å². The van der Waals surface area contributed by atoms with E-state index in [1.54, 1.807) is 34.8 Å². The summed E-state index contributed by atoms with van der Waals surface area (Å²) in [4.78, 5) is 84.7. The first-order valence-electron chi connectivity index (χ1n) is 52.8. The topological polar surface area (TPSA) is 200 Å². The van der Waals surface area contributed by atoms with Crippen LogP contribution in [0.15, 0.2) is 230 Å². The van der Waals surface area contributed by atoms with Crippen LogP contribution >= 0.6 is 27.5 Å². The van der Waals surface area contributed by atoms with Crippen LogP contribution in [0.4, 0.5) is 0 Å². The van der Waals surface area contributed by atoms with Crippen LogP contribution in [-0.2, 0) is 53.4 Å². The highest BCUT2D eigenvalue weighted by Gasteiger charge is 2.31. The minimum absolute atomic E-state index is 0.0589. The number of aliphatic hydroxyl groups excluding tert-OH is 1. The van der Waals surface area contributed by atoms with Crippen molar-refractivity contribution in [2.45, 2.75) is 234 Å². The van der Waals surface area contributed by atoms with E-state index in [-0.39, 0.29) is 40.9 Å². The Labute approximate surface area is 860 Å². The number of rotatable bonds is 40. The van der Waals surface area contributed by atoms with Crippen LogP contribution in [0.2, 0.25) is 5.02 Å². The monoisotopic (exact) mass is 2020 g/mol. The Balaban J connectivity index is 0.000000142. The van der Waals surface area contributed by atoms with E-state index in [4.69, 9.17) is 30.5 Å². The van der Waals surface area contributed by atoms with Crippen molar-refractivity contribution in [3.63, 3.8) is 0 Å². The number of ether oxygens (including phenoxy) is 4. The molecule has 5 aromatic heterocycles. The molecule has 13 aromatic rings. The molecule has 0 aliphatic carbocycles. The molecule has 10 heterocycles. The number of carbonyl (C=O) groups is 6. The maximum absolute atomic E-state index is 12.7. The van der Waals surface area contributed by atoms with Crippen molar-refractivity contribution in [3.8, 4) is 11.5 Å². The number of aryl methyl sites for hydroxylation is 4. The van der Waals surface area contributed by atoms with Crippen molar-refractivity contribution in [2.24, 2.45) is 11.8 Å². The average Bonchev–Trinajstić information content (AvgIpc) is 1.68. The lowest BCUT2D eigenvalue weighted by Crippen LogP contribution is -2.42. The largest absolute Gasteiger partial charge is 0.496 e. The third-order valence-electron chi connectivity index (χ3n) is 29.2. The highest BCUT2D eigenvalue weighted by molar-refractivity contribution is 9.10. The molecule has 23 heteroatoms. The molecule has 2 unspecified atom stereocenters. The first-order valence-corrected chi connectivity index (χ1v) is 54.0. The fourth-order valence-corrected chi connectivity index (χ4v) is 22.1. The minimum Gasteiger partial charge on any atom is -0.496 e. The standard InChI is InChI=1S/C26H32N2O2.C26H30N2O2.C24H26BrClN2O2.C23H34N2O2.C21H30N2O3/c1-19(17-28-18-24(20(2)29)23-9-4-6-10-25(23)28)16-27-14-12-21(13-15-27)22-8-5-7-11-26(22)30-3;1-2-25(29)23-19-28(24-12-7-6-11-22(23)24)16-8-15-27-17-13-21(14-18-27)26(30)20-9-4-3-5-10-20;1-17(29)21-16-28(23-8-7-18(25)15-20(21)23)12-4-11-27-13-9-19(10-14-27)30-24-6-3-2-5-22(24)26;1-3-17-27-21-11-15-24(16-12-21)13-6-14-25-18-20(10-9-19(2)26)22-7-4-5-8-23(22)25;1-3-12-26-18-8-10-22(11-9-18)13-17(25)14-23-15-20(16(2)24)19-6-4-5-7-21(19)23/h4-11,18-19,21H,12-17H2,1-3H3;3-7,9-12,19,21H,2,8,13-18H2,1H3;2-3,5-8,15-16,19H,4,9-14H2,1H3;4-5,7-8,18,21H,3,6,9-17H2,1-2H3;4-7,15,17-18,25H,3,8-14H2,1-2H3. The highest BCUT2D eigenvalue weighted by Crippen LogP contribution is 2.37. The molecule has 143 heavy (non-hydrogen) atoms. The molecule has 0 saturated carbocycles. The lowest BCUT2D eigenvalue weighted by Gasteiger charge is -2.34.